The van der Waals surface area contributed by atoms with Crippen LogP contribution in [0.3, 0.4) is 0 Å². The third kappa shape index (κ3) is 5.41. The molecule has 0 fully saturated rings. The molecule has 0 saturated heterocycles. The number of ether oxygens (including phenoxy) is 1. The predicted molar refractivity (Wildman–Crippen MR) is 75.1 cm³/mol. The lowest BCUT2D eigenvalue weighted by molar-refractivity contribution is -0.141. The van der Waals surface area contributed by atoms with Crippen molar-refractivity contribution in [2.75, 3.05) is 26.8 Å². The van der Waals surface area contributed by atoms with Gasteiger partial charge in [0.05, 0.1) is 12.5 Å². The average Bonchev–Trinajstić information content (AvgIpc) is 2.38. The van der Waals surface area contributed by atoms with Crippen molar-refractivity contribution in [3.8, 4) is 0 Å². The van der Waals surface area contributed by atoms with Crippen LogP contribution in [0.15, 0.2) is 24.3 Å². The molecular weight excluding hydrogens is 242 g/mol. The molecule has 1 rings (SSSR count). The molecule has 0 spiro atoms. The van der Waals surface area contributed by atoms with Gasteiger partial charge in [0.2, 0.25) is 0 Å². The Balaban J connectivity index is 2.68. The second-order valence-electron chi connectivity index (χ2n) is 4.89. The molecule has 0 heterocycles. The topological polar surface area (TPSA) is 49.8 Å². The number of methoxy groups -OCH3 is 1. The summed E-state index contributed by atoms with van der Waals surface area (Å²) in [5.41, 5.74) is 2.46. The predicted octanol–water partition coefficient (Wildman–Crippen LogP) is 2.16. The van der Waals surface area contributed by atoms with E-state index in [1.807, 2.05) is 12.1 Å². The highest BCUT2D eigenvalue weighted by Crippen LogP contribution is 2.12. The second-order valence-corrected chi connectivity index (χ2v) is 4.89. The van der Waals surface area contributed by atoms with E-state index in [2.05, 4.69) is 24.0 Å². The van der Waals surface area contributed by atoms with E-state index in [4.69, 9.17) is 9.84 Å². The molecule has 19 heavy (non-hydrogen) atoms. The van der Waals surface area contributed by atoms with Gasteiger partial charge in [0, 0.05) is 26.7 Å². The lowest BCUT2D eigenvalue weighted by Gasteiger charge is -2.24. The molecular formula is C15H23NO3. The Bertz CT molecular complexity index is 406. The van der Waals surface area contributed by atoms with E-state index >= 15 is 0 Å². The first-order valence-corrected chi connectivity index (χ1v) is 6.53. The SMILES string of the molecule is COCCN(Cc1ccccc1C)CC(C)C(=O)O. The molecule has 0 aliphatic rings. The molecule has 0 aromatic heterocycles. The summed E-state index contributed by atoms with van der Waals surface area (Å²) in [5, 5.41) is 9.02. The average molecular weight is 265 g/mol. The Morgan fingerprint density at radius 1 is 1.42 bits per heavy atom. The summed E-state index contributed by atoms with van der Waals surface area (Å²) in [6.07, 6.45) is 0. The standard InChI is InChI=1S/C15H23NO3/c1-12-6-4-5-7-14(12)11-16(8-9-19-3)10-13(2)15(17)18/h4-7,13H,8-11H2,1-3H3,(H,17,18). The molecule has 1 atom stereocenters. The van der Waals surface area contributed by atoms with E-state index in [1.165, 1.54) is 11.1 Å². The van der Waals surface area contributed by atoms with E-state index in [1.54, 1.807) is 14.0 Å². The highest BCUT2D eigenvalue weighted by atomic mass is 16.5. The lowest BCUT2D eigenvalue weighted by Crippen LogP contribution is -2.34. The number of carbonyl (C=O) groups is 1. The van der Waals surface area contributed by atoms with Gasteiger partial charge in [-0.2, -0.15) is 0 Å². The Morgan fingerprint density at radius 2 is 2.11 bits per heavy atom. The van der Waals surface area contributed by atoms with Crippen molar-refractivity contribution in [1.82, 2.24) is 4.90 Å². The van der Waals surface area contributed by atoms with Gasteiger partial charge < -0.3 is 9.84 Å². The van der Waals surface area contributed by atoms with Crippen LogP contribution >= 0.6 is 0 Å². The van der Waals surface area contributed by atoms with Crippen LogP contribution in [-0.4, -0.2) is 42.8 Å². The van der Waals surface area contributed by atoms with Gasteiger partial charge in [0.25, 0.3) is 0 Å². The molecule has 4 heteroatoms. The van der Waals surface area contributed by atoms with Crippen LogP contribution in [0.4, 0.5) is 0 Å². The van der Waals surface area contributed by atoms with Crippen molar-refractivity contribution in [3.63, 3.8) is 0 Å². The van der Waals surface area contributed by atoms with Crippen molar-refractivity contribution in [1.29, 1.82) is 0 Å². The third-order valence-electron chi connectivity index (χ3n) is 3.22. The summed E-state index contributed by atoms with van der Waals surface area (Å²) in [5.74, 6) is -1.13. The molecule has 0 radical (unpaired) electrons. The monoisotopic (exact) mass is 265 g/mol. The van der Waals surface area contributed by atoms with Crippen LogP contribution in [0.2, 0.25) is 0 Å². The molecule has 1 aromatic rings. The minimum Gasteiger partial charge on any atom is -0.481 e. The number of hydrogen-bond acceptors (Lipinski definition) is 3. The second kappa shape index (κ2) is 7.92. The molecule has 0 saturated carbocycles. The zero-order valence-electron chi connectivity index (χ0n) is 11.9. The molecule has 1 unspecified atom stereocenters. The van der Waals surface area contributed by atoms with Gasteiger partial charge in [-0.3, -0.25) is 9.69 Å². The summed E-state index contributed by atoms with van der Waals surface area (Å²) in [6, 6.07) is 8.18. The Kier molecular flexibility index (Phi) is 6.53. The summed E-state index contributed by atoms with van der Waals surface area (Å²) >= 11 is 0. The van der Waals surface area contributed by atoms with Gasteiger partial charge in [-0.1, -0.05) is 31.2 Å². The van der Waals surface area contributed by atoms with E-state index in [9.17, 15) is 4.79 Å². The van der Waals surface area contributed by atoms with Crippen molar-refractivity contribution < 1.29 is 14.6 Å². The van der Waals surface area contributed by atoms with Crippen molar-refractivity contribution in [3.05, 3.63) is 35.4 Å². The minimum atomic E-state index is -0.757. The number of carboxylic acids is 1. The molecule has 4 nitrogen and oxygen atoms in total. The minimum absolute atomic E-state index is 0.374. The molecule has 106 valence electrons. The normalized spacial score (nSPS) is 12.6. The van der Waals surface area contributed by atoms with Crippen molar-refractivity contribution in [2.45, 2.75) is 20.4 Å². The smallest absolute Gasteiger partial charge is 0.307 e. The van der Waals surface area contributed by atoms with Gasteiger partial charge in [-0.05, 0) is 18.1 Å². The summed E-state index contributed by atoms with van der Waals surface area (Å²) in [6.45, 7) is 6.45. The summed E-state index contributed by atoms with van der Waals surface area (Å²) in [7, 11) is 1.66. The summed E-state index contributed by atoms with van der Waals surface area (Å²) in [4.78, 5) is 13.1. The van der Waals surface area contributed by atoms with E-state index in [0.717, 1.165) is 13.1 Å². The molecule has 0 aliphatic heterocycles. The van der Waals surface area contributed by atoms with Crippen molar-refractivity contribution >= 4 is 5.97 Å². The molecule has 0 bridgehead atoms. The van der Waals surface area contributed by atoms with Gasteiger partial charge in [0.1, 0.15) is 0 Å². The van der Waals surface area contributed by atoms with Crippen LogP contribution in [0.5, 0.6) is 0 Å². The van der Waals surface area contributed by atoms with Crippen LogP contribution in [-0.2, 0) is 16.1 Å². The van der Waals surface area contributed by atoms with Gasteiger partial charge in [-0.25, -0.2) is 0 Å². The number of nitrogens with zero attached hydrogens (tertiary/aromatic N) is 1. The maximum Gasteiger partial charge on any atom is 0.307 e. The zero-order valence-corrected chi connectivity index (χ0v) is 11.9. The Hall–Kier alpha value is -1.39. The van der Waals surface area contributed by atoms with Crippen LogP contribution in [0.1, 0.15) is 18.1 Å². The molecule has 0 aliphatic carbocycles. The zero-order chi connectivity index (χ0) is 14.3. The lowest BCUT2D eigenvalue weighted by atomic mass is 10.1. The molecule has 1 N–H and O–H groups in total. The van der Waals surface area contributed by atoms with E-state index in [-0.39, 0.29) is 5.92 Å². The Labute approximate surface area is 115 Å². The molecule has 0 amide bonds. The maximum atomic E-state index is 11.0. The van der Waals surface area contributed by atoms with Crippen LogP contribution < -0.4 is 0 Å². The van der Waals surface area contributed by atoms with Crippen LogP contribution in [0.25, 0.3) is 0 Å². The number of carboxylic acid groups (broad SMARTS) is 1. The first kappa shape index (κ1) is 15.7. The number of benzene rings is 1. The van der Waals surface area contributed by atoms with Gasteiger partial charge in [-0.15, -0.1) is 0 Å². The fourth-order valence-electron chi connectivity index (χ4n) is 1.95. The third-order valence-corrected chi connectivity index (χ3v) is 3.22. The van der Waals surface area contributed by atoms with Gasteiger partial charge in [0.15, 0.2) is 0 Å². The number of hydrogen-bond donors (Lipinski definition) is 1. The largest absolute Gasteiger partial charge is 0.481 e. The molecule has 1 aromatic carbocycles. The summed E-state index contributed by atoms with van der Waals surface area (Å²) < 4.78 is 5.09. The Morgan fingerprint density at radius 3 is 2.68 bits per heavy atom. The van der Waals surface area contributed by atoms with E-state index < -0.39 is 5.97 Å². The first-order chi connectivity index (χ1) is 9.04. The van der Waals surface area contributed by atoms with Crippen molar-refractivity contribution in [2.24, 2.45) is 5.92 Å². The maximum absolute atomic E-state index is 11.0. The van der Waals surface area contributed by atoms with Gasteiger partial charge >= 0.3 is 5.97 Å². The number of rotatable bonds is 8. The van der Waals surface area contributed by atoms with E-state index in [0.29, 0.717) is 13.2 Å². The first-order valence-electron chi connectivity index (χ1n) is 6.53. The highest BCUT2D eigenvalue weighted by Gasteiger charge is 2.16. The quantitative estimate of drug-likeness (QED) is 0.782. The number of aliphatic carboxylic acids is 1. The highest BCUT2D eigenvalue weighted by molar-refractivity contribution is 5.69. The van der Waals surface area contributed by atoms with Crippen LogP contribution in [0, 0.1) is 12.8 Å². The fourth-order valence-corrected chi connectivity index (χ4v) is 1.95. The number of aryl methyl sites for hydroxylation is 1. The fraction of sp³-hybridized carbons (Fsp3) is 0.533.